The molecule has 0 amide bonds. The van der Waals surface area contributed by atoms with Crippen LogP contribution in [0.25, 0.3) is 0 Å². The van der Waals surface area contributed by atoms with Gasteiger partial charge in [-0.2, -0.15) is 0 Å². The molecular formula is C14H10NaO2. The molecule has 0 spiro atoms. The quantitative estimate of drug-likeness (QED) is 0.444. The Balaban J connectivity index is 0.00000144. The molecule has 2 nitrogen and oxygen atoms in total. The van der Waals surface area contributed by atoms with Crippen LogP contribution in [0.2, 0.25) is 0 Å². The van der Waals surface area contributed by atoms with Crippen molar-refractivity contribution in [2.24, 2.45) is 5.92 Å². The second-order valence-electron chi connectivity index (χ2n) is 3.51. The van der Waals surface area contributed by atoms with E-state index < -0.39 is 5.92 Å². The predicted molar refractivity (Wildman–Crippen MR) is 67.5 cm³/mol. The maximum absolute atomic E-state index is 12.1. The van der Waals surface area contributed by atoms with Crippen molar-refractivity contribution in [2.75, 3.05) is 0 Å². The van der Waals surface area contributed by atoms with E-state index in [2.05, 4.69) is 0 Å². The summed E-state index contributed by atoms with van der Waals surface area (Å²) in [5, 5.41) is 0. The van der Waals surface area contributed by atoms with Crippen molar-refractivity contribution in [3.05, 3.63) is 65.8 Å². The van der Waals surface area contributed by atoms with Gasteiger partial charge in [-0.25, -0.2) is 4.79 Å². The molecule has 17 heavy (non-hydrogen) atoms. The van der Waals surface area contributed by atoms with Gasteiger partial charge in [0.25, 0.3) is 0 Å². The molecule has 0 saturated heterocycles. The molecule has 0 aromatic heterocycles. The fourth-order valence-electron chi connectivity index (χ4n) is 1.65. The Morgan fingerprint density at radius 2 is 1.82 bits per heavy atom. The zero-order chi connectivity index (χ0) is 11.4. The zero-order valence-corrected chi connectivity index (χ0v) is 11.6. The van der Waals surface area contributed by atoms with E-state index in [1.165, 1.54) is 0 Å². The molecule has 0 fully saturated rings. The second kappa shape index (κ2) is 6.53. The molecule has 0 aliphatic heterocycles. The first-order chi connectivity index (χ1) is 7.83. The van der Waals surface area contributed by atoms with Crippen LogP contribution in [0.1, 0.15) is 10.4 Å². The van der Waals surface area contributed by atoms with E-state index in [-0.39, 0.29) is 35.3 Å². The summed E-state index contributed by atoms with van der Waals surface area (Å²) in [4.78, 5) is 22.8. The van der Waals surface area contributed by atoms with E-state index in [0.717, 1.165) is 0 Å². The van der Waals surface area contributed by atoms with E-state index in [0.29, 0.717) is 11.1 Å². The van der Waals surface area contributed by atoms with Gasteiger partial charge in [-0.3, -0.25) is 4.79 Å². The minimum absolute atomic E-state index is 0. The fourth-order valence-corrected chi connectivity index (χ4v) is 1.65. The molecule has 0 N–H and O–H groups in total. The van der Waals surface area contributed by atoms with Gasteiger partial charge >= 0.3 is 0 Å². The minimum atomic E-state index is -0.495. The Labute approximate surface area is 122 Å². The van der Waals surface area contributed by atoms with E-state index >= 15 is 0 Å². The summed E-state index contributed by atoms with van der Waals surface area (Å²) in [6, 6.07) is 8.96. The number of Topliss-reactive ketones (excluding diaryl/α,β-unsaturated/α-hetero) is 1. The number of hydrogen-bond acceptors (Lipinski definition) is 2. The summed E-state index contributed by atoms with van der Waals surface area (Å²) < 4.78 is 0. The standard InChI is InChI=1S/C14H10O2.Na/c15-10-12-8-4-5-9-13(12)14(16)11-6-2-1-3-7-11;/h1-9,13H;. The Hall–Kier alpha value is -1.18. The summed E-state index contributed by atoms with van der Waals surface area (Å²) in [5.41, 5.74) is 0.997. The van der Waals surface area contributed by atoms with Gasteiger partial charge in [0.05, 0.1) is 11.5 Å². The van der Waals surface area contributed by atoms with Gasteiger partial charge in [-0.1, -0.05) is 48.6 Å². The molecule has 0 saturated carbocycles. The van der Waals surface area contributed by atoms with Crippen molar-refractivity contribution in [1.82, 2.24) is 0 Å². The Morgan fingerprint density at radius 1 is 1.12 bits per heavy atom. The van der Waals surface area contributed by atoms with Crippen molar-refractivity contribution in [3.8, 4) is 0 Å². The maximum Gasteiger partial charge on any atom is 0.174 e. The van der Waals surface area contributed by atoms with E-state index in [9.17, 15) is 9.59 Å². The van der Waals surface area contributed by atoms with Gasteiger partial charge < -0.3 is 0 Å². The van der Waals surface area contributed by atoms with Crippen molar-refractivity contribution in [3.63, 3.8) is 0 Å². The van der Waals surface area contributed by atoms with Crippen LogP contribution in [0, 0.1) is 5.92 Å². The molecule has 1 aliphatic carbocycles. The smallest absolute Gasteiger partial charge is 0.174 e. The Kier molecular flexibility index (Phi) is 5.33. The number of allylic oxidation sites excluding steroid dienone is 5. The zero-order valence-electron chi connectivity index (χ0n) is 9.59. The van der Waals surface area contributed by atoms with Gasteiger partial charge in [0.15, 0.2) is 5.78 Å². The van der Waals surface area contributed by atoms with Crippen LogP contribution in [-0.4, -0.2) is 41.3 Å². The SMILES string of the molecule is O=C=C1C=CC=CC1C(=O)c1ccccc1.[Na]. The largest absolute Gasteiger partial charge is 0.293 e. The van der Waals surface area contributed by atoms with Crippen molar-refractivity contribution in [2.45, 2.75) is 0 Å². The summed E-state index contributed by atoms with van der Waals surface area (Å²) in [6.45, 7) is 0. The molecule has 3 heteroatoms. The van der Waals surface area contributed by atoms with Crippen LogP contribution >= 0.6 is 0 Å². The number of carbonyl (C=O) groups is 1. The first kappa shape index (κ1) is 13.9. The minimum Gasteiger partial charge on any atom is -0.293 e. The molecule has 79 valence electrons. The third kappa shape index (κ3) is 3.15. The van der Waals surface area contributed by atoms with Gasteiger partial charge in [0.1, 0.15) is 5.94 Å². The number of ketones is 1. The maximum atomic E-state index is 12.1. The monoisotopic (exact) mass is 233 g/mol. The second-order valence-corrected chi connectivity index (χ2v) is 3.51. The van der Waals surface area contributed by atoms with E-state index in [4.69, 9.17) is 0 Å². The molecule has 1 unspecified atom stereocenters. The molecule has 1 aliphatic rings. The Bertz CT molecular complexity index is 508. The number of benzene rings is 1. The molecular weight excluding hydrogens is 223 g/mol. The average Bonchev–Trinajstić information content (AvgIpc) is 2.39. The number of hydrogen-bond donors (Lipinski definition) is 0. The van der Waals surface area contributed by atoms with Crippen LogP contribution in [0.15, 0.2) is 60.2 Å². The predicted octanol–water partition coefficient (Wildman–Crippen LogP) is 1.99. The molecule has 1 radical (unpaired) electrons. The molecule has 0 bridgehead atoms. The molecule has 1 aromatic rings. The summed E-state index contributed by atoms with van der Waals surface area (Å²) in [6.07, 6.45) is 6.84. The van der Waals surface area contributed by atoms with Gasteiger partial charge in [0, 0.05) is 35.1 Å². The van der Waals surface area contributed by atoms with Gasteiger partial charge in [0.2, 0.25) is 0 Å². The summed E-state index contributed by atoms with van der Waals surface area (Å²) in [5.74, 6) is 1.25. The van der Waals surface area contributed by atoms with Crippen molar-refractivity contribution in [1.29, 1.82) is 0 Å². The summed E-state index contributed by atoms with van der Waals surface area (Å²) >= 11 is 0. The van der Waals surface area contributed by atoms with Crippen LogP contribution < -0.4 is 0 Å². The molecule has 1 aromatic carbocycles. The van der Waals surface area contributed by atoms with Crippen LogP contribution in [-0.2, 0) is 4.79 Å². The molecule has 1 atom stereocenters. The number of rotatable bonds is 2. The van der Waals surface area contributed by atoms with Crippen LogP contribution in [0.3, 0.4) is 0 Å². The van der Waals surface area contributed by atoms with Crippen molar-refractivity contribution >= 4 is 41.3 Å². The first-order valence-corrected chi connectivity index (χ1v) is 5.02. The fraction of sp³-hybridized carbons (Fsp3) is 0.0714. The van der Waals surface area contributed by atoms with Crippen LogP contribution in [0.4, 0.5) is 0 Å². The van der Waals surface area contributed by atoms with E-state index in [1.807, 2.05) is 12.0 Å². The first-order valence-electron chi connectivity index (χ1n) is 5.02. The third-order valence-electron chi connectivity index (χ3n) is 2.48. The van der Waals surface area contributed by atoms with E-state index in [1.54, 1.807) is 48.6 Å². The topological polar surface area (TPSA) is 34.1 Å². The van der Waals surface area contributed by atoms with Crippen molar-refractivity contribution < 1.29 is 9.59 Å². The third-order valence-corrected chi connectivity index (χ3v) is 2.48. The van der Waals surface area contributed by atoms with Gasteiger partial charge in [-0.15, -0.1) is 0 Å². The van der Waals surface area contributed by atoms with Crippen LogP contribution in [0.5, 0.6) is 0 Å². The normalized spacial score (nSPS) is 17.2. The summed E-state index contributed by atoms with van der Waals surface area (Å²) in [7, 11) is 0. The van der Waals surface area contributed by atoms with Gasteiger partial charge in [-0.05, 0) is 6.08 Å². The Morgan fingerprint density at radius 3 is 2.47 bits per heavy atom. The molecule has 0 heterocycles. The number of carbonyl (C=O) groups excluding carboxylic acids is 2. The molecule has 2 rings (SSSR count). The average molecular weight is 233 g/mol.